The lowest BCUT2D eigenvalue weighted by Crippen LogP contribution is -2.51. The summed E-state index contributed by atoms with van der Waals surface area (Å²) in [5, 5.41) is 3.46. The number of amides is 2. The Bertz CT molecular complexity index is 1430. The summed E-state index contributed by atoms with van der Waals surface area (Å²) >= 11 is 12.3. The highest BCUT2D eigenvalue weighted by molar-refractivity contribution is 7.92. The number of hydrogen-bond donors (Lipinski definition) is 1. The van der Waals surface area contributed by atoms with Crippen molar-refractivity contribution < 1.29 is 22.7 Å². The molecule has 8 nitrogen and oxygen atoms in total. The van der Waals surface area contributed by atoms with Crippen LogP contribution in [0.15, 0.2) is 71.6 Å². The number of nitrogens with one attached hydrogen (secondary N) is 1. The molecule has 0 saturated heterocycles. The molecular weight excluding hydrogens is 573 g/mol. The number of methoxy groups -OCH3 is 1. The van der Waals surface area contributed by atoms with E-state index in [1.807, 2.05) is 13.8 Å². The van der Waals surface area contributed by atoms with Gasteiger partial charge in [-0.25, -0.2) is 8.42 Å². The lowest BCUT2D eigenvalue weighted by Gasteiger charge is -2.32. The highest BCUT2D eigenvalue weighted by atomic mass is 35.5. The first kappa shape index (κ1) is 31.3. The second kappa shape index (κ2) is 13.9. The summed E-state index contributed by atoms with van der Waals surface area (Å²) in [6.45, 7) is 5.29. The Labute approximate surface area is 245 Å². The minimum Gasteiger partial charge on any atom is -0.497 e. The van der Waals surface area contributed by atoms with Crippen LogP contribution in [0.3, 0.4) is 0 Å². The molecule has 1 N–H and O–H groups in total. The van der Waals surface area contributed by atoms with E-state index in [0.717, 1.165) is 16.3 Å². The molecule has 2 amide bonds. The zero-order chi connectivity index (χ0) is 29.4. The molecule has 0 unspecified atom stereocenters. The molecule has 0 saturated carbocycles. The van der Waals surface area contributed by atoms with E-state index in [1.54, 1.807) is 61.5 Å². The number of carbonyl (C=O) groups excluding carboxylic acids is 2. The van der Waals surface area contributed by atoms with Crippen LogP contribution in [0.25, 0.3) is 0 Å². The van der Waals surface area contributed by atoms with Gasteiger partial charge in [-0.15, -0.1) is 0 Å². The SMILES string of the molecule is CCCNC(=O)[C@H](C)N(Cc1ccc(Cl)c(Cl)c1)C(=O)CN(c1ccc(OC)cc1)S(=O)(=O)c1ccc(C)cc1. The van der Waals surface area contributed by atoms with Crippen LogP contribution in [-0.4, -0.2) is 51.4 Å². The molecule has 3 rings (SSSR count). The fourth-order valence-electron chi connectivity index (χ4n) is 3.93. The van der Waals surface area contributed by atoms with Crippen molar-refractivity contribution in [2.75, 3.05) is 24.5 Å². The van der Waals surface area contributed by atoms with Gasteiger partial charge in [0.15, 0.2) is 0 Å². The van der Waals surface area contributed by atoms with E-state index in [9.17, 15) is 18.0 Å². The number of anilines is 1. The average Bonchev–Trinajstić information content (AvgIpc) is 2.94. The Hall–Kier alpha value is -3.27. The molecule has 0 fully saturated rings. The number of ether oxygens (including phenoxy) is 1. The van der Waals surface area contributed by atoms with E-state index in [1.165, 1.54) is 24.1 Å². The highest BCUT2D eigenvalue weighted by Gasteiger charge is 2.32. The first-order valence-electron chi connectivity index (χ1n) is 12.7. The minimum absolute atomic E-state index is 0.0114. The Morgan fingerprint density at radius 3 is 2.20 bits per heavy atom. The number of sulfonamides is 1. The van der Waals surface area contributed by atoms with Crippen molar-refractivity contribution in [2.24, 2.45) is 0 Å². The van der Waals surface area contributed by atoms with Crippen LogP contribution in [0.4, 0.5) is 5.69 Å². The molecule has 3 aromatic carbocycles. The predicted molar refractivity (Wildman–Crippen MR) is 158 cm³/mol. The van der Waals surface area contributed by atoms with Crippen LogP contribution < -0.4 is 14.4 Å². The van der Waals surface area contributed by atoms with Gasteiger partial charge in [-0.05, 0) is 74.4 Å². The summed E-state index contributed by atoms with van der Waals surface area (Å²) in [6.07, 6.45) is 0.721. The molecule has 0 spiro atoms. The first-order chi connectivity index (χ1) is 19.0. The van der Waals surface area contributed by atoms with E-state index in [0.29, 0.717) is 27.9 Å². The van der Waals surface area contributed by atoms with Gasteiger partial charge in [0.25, 0.3) is 10.0 Å². The Morgan fingerprint density at radius 1 is 0.975 bits per heavy atom. The summed E-state index contributed by atoms with van der Waals surface area (Å²) in [6, 6.07) is 16.8. The molecule has 0 aliphatic carbocycles. The predicted octanol–water partition coefficient (Wildman–Crippen LogP) is 5.45. The Kier molecular flexibility index (Phi) is 10.8. The van der Waals surface area contributed by atoms with Crippen LogP contribution in [0.1, 0.15) is 31.4 Å². The first-order valence-corrected chi connectivity index (χ1v) is 14.9. The van der Waals surface area contributed by atoms with Crippen LogP contribution >= 0.6 is 23.2 Å². The molecule has 11 heteroatoms. The summed E-state index contributed by atoms with van der Waals surface area (Å²) < 4.78 is 34.0. The number of halogens is 2. The number of benzene rings is 3. The zero-order valence-electron chi connectivity index (χ0n) is 22.9. The third-order valence-corrected chi connectivity index (χ3v) is 8.83. The lowest BCUT2D eigenvalue weighted by molar-refractivity contribution is -0.139. The van der Waals surface area contributed by atoms with Crippen molar-refractivity contribution in [3.05, 3.63) is 87.9 Å². The minimum atomic E-state index is -4.16. The maximum atomic E-state index is 13.9. The number of aryl methyl sites for hydroxylation is 1. The van der Waals surface area contributed by atoms with Gasteiger partial charge in [0, 0.05) is 13.1 Å². The van der Waals surface area contributed by atoms with E-state index < -0.39 is 28.5 Å². The topological polar surface area (TPSA) is 96.0 Å². The van der Waals surface area contributed by atoms with Gasteiger partial charge >= 0.3 is 0 Å². The third kappa shape index (κ3) is 7.68. The molecule has 1 atom stereocenters. The number of rotatable bonds is 12. The molecule has 0 aliphatic rings. The number of nitrogens with zero attached hydrogens (tertiary/aromatic N) is 2. The van der Waals surface area contributed by atoms with Gasteiger partial charge in [-0.3, -0.25) is 13.9 Å². The molecular formula is C29H33Cl2N3O5S. The maximum absolute atomic E-state index is 13.9. The van der Waals surface area contributed by atoms with Crippen LogP contribution in [-0.2, 0) is 26.2 Å². The molecule has 0 radical (unpaired) electrons. The van der Waals surface area contributed by atoms with Crippen molar-refractivity contribution in [1.29, 1.82) is 0 Å². The zero-order valence-corrected chi connectivity index (χ0v) is 25.2. The summed E-state index contributed by atoms with van der Waals surface area (Å²) in [5.41, 5.74) is 1.80. The number of hydrogen-bond acceptors (Lipinski definition) is 5. The molecule has 0 heterocycles. The quantitative estimate of drug-likeness (QED) is 0.296. The second-order valence-electron chi connectivity index (χ2n) is 9.26. The molecule has 0 bridgehead atoms. The van der Waals surface area contributed by atoms with Crippen molar-refractivity contribution in [3.8, 4) is 5.75 Å². The summed E-state index contributed by atoms with van der Waals surface area (Å²) in [5.74, 6) is -0.394. The fourth-order valence-corrected chi connectivity index (χ4v) is 5.66. The van der Waals surface area contributed by atoms with Gasteiger partial charge in [0.05, 0.1) is 27.7 Å². The monoisotopic (exact) mass is 605 g/mol. The largest absolute Gasteiger partial charge is 0.497 e. The number of carbonyl (C=O) groups is 2. The highest BCUT2D eigenvalue weighted by Crippen LogP contribution is 2.27. The van der Waals surface area contributed by atoms with Crippen molar-refractivity contribution in [2.45, 2.75) is 44.7 Å². The Morgan fingerprint density at radius 2 is 1.62 bits per heavy atom. The van der Waals surface area contributed by atoms with E-state index in [2.05, 4.69) is 5.32 Å². The van der Waals surface area contributed by atoms with Crippen LogP contribution in [0.2, 0.25) is 10.0 Å². The third-order valence-electron chi connectivity index (χ3n) is 6.30. The van der Waals surface area contributed by atoms with Gasteiger partial charge in [-0.2, -0.15) is 0 Å². The molecule has 0 aliphatic heterocycles. The van der Waals surface area contributed by atoms with Gasteiger partial charge < -0.3 is 15.0 Å². The van der Waals surface area contributed by atoms with E-state index >= 15 is 0 Å². The van der Waals surface area contributed by atoms with Crippen molar-refractivity contribution in [3.63, 3.8) is 0 Å². The van der Waals surface area contributed by atoms with Gasteiger partial charge in [-0.1, -0.05) is 53.9 Å². The molecule has 40 heavy (non-hydrogen) atoms. The fraction of sp³-hybridized carbons (Fsp3) is 0.310. The van der Waals surface area contributed by atoms with Crippen LogP contribution in [0, 0.1) is 6.92 Å². The molecule has 214 valence electrons. The van der Waals surface area contributed by atoms with Gasteiger partial charge in [0.2, 0.25) is 11.8 Å². The summed E-state index contributed by atoms with van der Waals surface area (Å²) in [4.78, 5) is 28.2. The van der Waals surface area contributed by atoms with Crippen molar-refractivity contribution >= 4 is 50.7 Å². The average molecular weight is 607 g/mol. The van der Waals surface area contributed by atoms with Crippen LogP contribution in [0.5, 0.6) is 5.75 Å². The van der Waals surface area contributed by atoms with Gasteiger partial charge in [0.1, 0.15) is 18.3 Å². The Balaban J connectivity index is 2.03. The normalized spacial score (nSPS) is 11.9. The molecule has 0 aromatic heterocycles. The lowest BCUT2D eigenvalue weighted by atomic mass is 10.1. The summed E-state index contributed by atoms with van der Waals surface area (Å²) in [7, 11) is -2.65. The van der Waals surface area contributed by atoms with Crippen molar-refractivity contribution in [1.82, 2.24) is 10.2 Å². The van der Waals surface area contributed by atoms with E-state index in [4.69, 9.17) is 27.9 Å². The standard InChI is InChI=1S/C29H33Cl2N3O5S/c1-5-16-32-29(36)21(3)33(18-22-8-15-26(30)27(31)17-22)28(35)19-34(23-9-11-24(39-4)12-10-23)40(37,38)25-13-6-20(2)7-14-25/h6-15,17,21H,5,16,18-19H2,1-4H3,(H,32,36)/t21-/m0/s1. The maximum Gasteiger partial charge on any atom is 0.264 e. The smallest absolute Gasteiger partial charge is 0.264 e. The second-order valence-corrected chi connectivity index (χ2v) is 11.9. The molecule has 3 aromatic rings. The van der Waals surface area contributed by atoms with E-state index in [-0.39, 0.29) is 23.0 Å².